The second kappa shape index (κ2) is 10.3. The van der Waals surface area contributed by atoms with E-state index in [1.807, 2.05) is 18.3 Å². The summed E-state index contributed by atoms with van der Waals surface area (Å²) in [5.74, 6) is 0. The monoisotopic (exact) mass is 308 g/mol. The highest BCUT2D eigenvalue weighted by molar-refractivity contribution is 5.56. The number of hydrazone groups is 1. The Morgan fingerprint density at radius 1 is 0.783 bits per heavy atom. The van der Waals surface area contributed by atoms with E-state index in [9.17, 15) is 4.79 Å². The number of hydrogen-bond donors (Lipinski definition) is 0. The molecule has 0 saturated carbocycles. The van der Waals surface area contributed by atoms with Crippen LogP contribution in [0.15, 0.2) is 65.8 Å². The molecule has 0 spiro atoms. The lowest BCUT2D eigenvalue weighted by Gasteiger charge is -2.19. The predicted molar refractivity (Wildman–Crippen MR) is 95.2 cm³/mol. The molecule has 0 bridgehead atoms. The van der Waals surface area contributed by atoms with Gasteiger partial charge in [0.25, 0.3) is 0 Å². The highest BCUT2D eigenvalue weighted by atomic mass is 16.1. The number of carbonyl (C=O) groups is 1. The molecule has 0 aliphatic rings. The Kier molecular flexibility index (Phi) is 7.61. The van der Waals surface area contributed by atoms with E-state index in [1.54, 1.807) is 0 Å². The first kappa shape index (κ1) is 16.9. The van der Waals surface area contributed by atoms with Gasteiger partial charge in [-0.2, -0.15) is 5.10 Å². The Balaban J connectivity index is 1.93. The van der Waals surface area contributed by atoms with Crippen LogP contribution in [-0.4, -0.2) is 17.5 Å². The predicted octanol–water partition coefficient (Wildman–Crippen LogP) is 4.43. The van der Waals surface area contributed by atoms with Crippen LogP contribution in [0.2, 0.25) is 0 Å². The molecule has 23 heavy (non-hydrogen) atoms. The quantitative estimate of drug-likeness (QED) is 0.281. The summed E-state index contributed by atoms with van der Waals surface area (Å²) in [6, 6.07) is 20.8. The van der Waals surface area contributed by atoms with E-state index in [2.05, 4.69) is 58.6 Å². The van der Waals surface area contributed by atoms with Crippen LogP contribution < -0.4 is 0 Å². The van der Waals surface area contributed by atoms with Crippen molar-refractivity contribution in [1.29, 1.82) is 0 Å². The van der Waals surface area contributed by atoms with Gasteiger partial charge in [-0.3, -0.25) is 5.01 Å². The van der Waals surface area contributed by atoms with E-state index in [4.69, 9.17) is 0 Å². The number of nitrogens with zero attached hydrogens (tertiary/aromatic N) is 2. The van der Waals surface area contributed by atoms with E-state index < -0.39 is 0 Å². The maximum absolute atomic E-state index is 10.3. The summed E-state index contributed by atoms with van der Waals surface area (Å²) in [4.78, 5) is 10.3. The summed E-state index contributed by atoms with van der Waals surface area (Å²) in [5, 5.41) is 6.72. The summed E-state index contributed by atoms with van der Waals surface area (Å²) >= 11 is 0. The van der Waals surface area contributed by atoms with Crippen LogP contribution in [-0.2, 0) is 17.9 Å². The fourth-order valence-corrected chi connectivity index (χ4v) is 2.36. The molecule has 0 unspecified atom stereocenters. The smallest absolute Gasteiger partial charge is 0.119 e. The molecule has 0 aliphatic heterocycles. The van der Waals surface area contributed by atoms with Gasteiger partial charge in [0.2, 0.25) is 0 Å². The van der Waals surface area contributed by atoms with Crippen molar-refractivity contribution in [1.82, 2.24) is 5.01 Å². The number of aldehydes is 1. The molecule has 0 N–H and O–H groups in total. The van der Waals surface area contributed by atoms with Crippen LogP contribution >= 0.6 is 0 Å². The van der Waals surface area contributed by atoms with Crippen LogP contribution in [0.3, 0.4) is 0 Å². The first-order valence-electron chi connectivity index (χ1n) is 8.17. The van der Waals surface area contributed by atoms with Crippen molar-refractivity contribution in [3.8, 4) is 0 Å². The molecule has 0 atom stereocenters. The van der Waals surface area contributed by atoms with Gasteiger partial charge in [-0.05, 0) is 30.4 Å². The molecule has 0 fully saturated rings. The minimum absolute atomic E-state index is 0.644. The summed E-state index contributed by atoms with van der Waals surface area (Å²) in [7, 11) is 0. The SMILES string of the molecule is O=CCCCC/C=N/N(Cc1ccccc1)Cc1ccccc1. The largest absolute Gasteiger partial charge is 0.303 e. The van der Waals surface area contributed by atoms with Crippen molar-refractivity contribution < 1.29 is 4.79 Å². The normalized spacial score (nSPS) is 10.8. The van der Waals surface area contributed by atoms with Gasteiger partial charge in [0.1, 0.15) is 6.29 Å². The van der Waals surface area contributed by atoms with Crippen LogP contribution in [0, 0.1) is 0 Å². The minimum atomic E-state index is 0.644. The van der Waals surface area contributed by atoms with Gasteiger partial charge in [0, 0.05) is 12.6 Å². The van der Waals surface area contributed by atoms with Gasteiger partial charge in [0.05, 0.1) is 13.1 Å². The number of carbonyl (C=O) groups excluding carboxylic acids is 1. The average molecular weight is 308 g/mol. The number of unbranched alkanes of at least 4 members (excludes halogenated alkanes) is 3. The molecule has 0 saturated heterocycles. The van der Waals surface area contributed by atoms with E-state index >= 15 is 0 Å². The molecule has 0 aliphatic carbocycles. The van der Waals surface area contributed by atoms with E-state index in [0.717, 1.165) is 38.6 Å². The lowest BCUT2D eigenvalue weighted by Crippen LogP contribution is -2.16. The zero-order valence-electron chi connectivity index (χ0n) is 13.5. The maximum atomic E-state index is 10.3. The molecule has 3 heteroatoms. The van der Waals surface area contributed by atoms with Crippen molar-refractivity contribution in [3.05, 3.63) is 71.8 Å². The third-order valence-electron chi connectivity index (χ3n) is 3.57. The van der Waals surface area contributed by atoms with Gasteiger partial charge in [-0.15, -0.1) is 0 Å². The fourth-order valence-electron chi connectivity index (χ4n) is 2.36. The zero-order valence-corrected chi connectivity index (χ0v) is 13.5. The Morgan fingerprint density at radius 3 is 1.83 bits per heavy atom. The molecule has 2 aromatic carbocycles. The molecule has 3 nitrogen and oxygen atoms in total. The lowest BCUT2D eigenvalue weighted by atomic mass is 10.2. The second-order valence-corrected chi connectivity index (χ2v) is 5.54. The highest BCUT2D eigenvalue weighted by Gasteiger charge is 2.03. The van der Waals surface area contributed by atoms with Crippen LogP contribution in [0.5, 0.6) is 0 Å². The second-order valence-electron chi connectivity index (χ2n) is 5.54. The van der Waals surface area contributed by atoms with Crippen molar-refractivity contribution in [2.45, 2.75) is 38.8 Å². The van der Waals surface area contributed by atoms with E-state index in [1.165, 1.54) is 11.1 Å². The first-order chi connectivity index (χ1) is 11.4. The van der Waals surface area contributed by atoms with E-state index in [0.29, 0.717) is 6.42 Å². The average Bonchev–Trinajstić information content (AvgIpc) is 2.60. The Morgan fingerprint density at radius 2 is 1.30 bits per heavy atom. The van der Waals surface area contributed by atoms with Gasteiger partial charge in [-0.1, -0.05) is 60.7 Å². The first-order valence-corrected chi connectivity index (χ1v) is 8.17. The Labute approximate surface area is 138 Å². The maximum Gasteiger partial charge on any atom is 0.119 e. The number of rotatable bonds is 10. The molecule has 2 rings (SSSR count). The molecule has 2 aromatic rings. The molecular weight excluding hydrogens is 284 g/mol. The number of benzene rings is 2. The Hall–Kier alpha value is -2.42. The Bertz CT molecular complexity index is 540. The zero-order chi connectivity index (χ0) is 16.2. The van der Waals surface area contributed by atoms with Crippen LogP contribution in [0.4, 0.5) is 0 Å². The molecule has 0 radical (unpaired) electrons. The molecule has 0 heterocycles. The third kappa shape index (κ3) is 6.92. The van der Waals surface area contributed by atoms with Crippen LogP contribution in [0.1, 0.15) is 36.8 Å². The topological polar surface area (TPSA) is 32.7 Å². The van der Waals surface area contributed by atoms with Gasteiger partial charge < -0.3 is 4.79 Å². The number of hydrogen-bond acceptors (Lipinski definition) is 3. The van der Waals surface area contributed by atoms with Crippen molar-refractivity contribution in [2.75, 3.05) is 0 Å². The summed E-state index contributed by atoms with van der Waals surface area (Å²) in [6.45, 7) is 1.58. The van der Waals surface area contributed by atoms with Gasteiger partial charge >= 0.3 is 0 Å². The van der Waals surface area contributed by atoms with Crippen molar-refractivity contribution in [2.24, 2.45) is 5.10 Å². The van der Waals surface area contributed by atoms with Gasteiger partial charge in [0.15, 0.2) is 0 Å². The molecule has 120 valence electrons. The van der Waals surface area contributed by atoms with E-state index in [-0.39, 0.29) is 0 Å². The summed E-state index contributed by atoms with van der Waals surface area (Å²) in [6.07, 6.45) is 6.45. The summed E-state index contributed by atoms with van der Waals surface area (Å²) in [5.41, 5.74) is 2.50. The van der Waals surface area contributed by atoms with Crippen molar-refractivity contribution >= 4 is 12.5 Å². The fraction of sp³-hybridized carbons (Fsp3) is 0.300. The molecule has 0 amide bonds. The molecule has 0 aromatic heterocycles. The van der Waals surface area contributed by atoms with Crippen LogP contribution in [0.25, 0.3) is 0 Å². The standard InChI is InChI=1S/C20H24N2O/c23-16-10-2-1-9-15-21-22(17-19-11-5-3-6-12-19)18-20-13-7-4-8-14-20/h3-8,11-16H,1-2,9-10,17-18H2/b21-15+. The highest BCUT2D eigenvalue weighted by Crippen LogP contribution is 2.10. The summed E-state index contributed by atoms with van der Waals surface area (Å²) < 4.78 is 0. The lowest BCUT2D eigenvalue weighted by molar-refractivity contribution is -0.107. The molecular formula is C20H24N2O. The van der Waals surface area contributed by atoms with Crippen molar-refractivity contribution in [3.63, 3.8) is 0 Å². The minimum Gasteiger partial charge on any atom is -0.303 e. The van der Waals surface area contributed by atoms with Gasteiger partial charge in [-0.25, -0.2) is 0 Å². The third-order valence-corrected chi connectivity index (χ3v) is 3.57.